The minimum atomic E-state index is 0.00229. The highest BCUT2D eigenvalue weighted by Gasteiger charge is 2.52. The quantitative estimate of drug-likeness (QED) is 0.824. The number of hydrogen-bond donors (Lipinski definition) is 0. The smallest absolute Gasteiger partial charge is 0.263 e. The summed E-state index contributed by atoms with van der Waals surface area (Å²) in [7, 11) is 0. The van der Waals surface area contributed by atoms with E-state index in [0.717, 1.165) is 43.6 Å². The van der Waals surface area contributed by atoms with Crippen LogP contribution in [0.25, 0.3) is 0 Å². The predicted molar refractivity (Wildman–Crippen MR) is 92.0 cm³/mol. The molecular weight excluding hydrogens is 324 g/mol. The van der Waals surface area contributed by atoms with Crippen molar-refractivity contribution < 1.29 is 14.3 Å². The second-order valence-corrected chi connectivity index (χ2v) is 8.15. The normalized spacial score (nSPS) is 30.2. The molecule has 130 valence electrons. The molecule has 3 fully saturated rings. The lowest BCUT2D eigenvalue weighted by molar-refractivity contribution is -0.143. The SMILES string of the molecule is O=C(c1cccs1)N1CC[C@@]2(CCC[C@H]2C(=O)N2CCOCC2)C1. The Hall–Kier alpha value is -1.40. The van der Waals surface area contributed by atoms with Crippen molar-refractivity contribution in [2.45, 2.75) is 25.7 Å². The van der Waals surface area contributed by atoms with Gasteiger partial charge < -0.3 is 14.5 Å². The van der Waals surface area contributed by atoms with E-state index in [9.17, 15) is 9.59 Å². The van der Waals surface area contributed by atoms with Crippen LogP contribution in [0.4, 0.5) is 0 Å². The molecule has 1 aromatic heterocycles. The van der Waals surface area contributed by atoms with E-state index in [-0.39, 0.29) is 17.2 Å². The lowest BCUT2D eigenvalue weighted by Gasteiger charge is -2.36. The molecule has 1 saturated carbocycles. The van der Waals surface area contributed by atoms with Crippen molar-refractivity contribution in [1.82, 2.24) is 9.80 Å². The van der Waals surface area contributed by atoms with Gasteiger partial charge in [-0.2, -0.15) is 0 Å². The van der Waals surface area contributed by atoms with Gasteiger partial charge in [-0.15, -0.1) is 11.3 Å². The number of nitrogens with zero attached hydrogens (tertiary/aromatic N) is 2. The summed E-state index contributed by atoms with van der Waals surface area (Å²) in [5.74, 6) is 0.504. The van der Waals surface area contributed by atoms with Crippen molar-refractivity contribution in [2.75, 3.05) is 39.4 Å². The average molecular weight is 348 g/mol. The largest absolute Gasteiger partial charge is 0.378 e. The molecule has 1 aliphatic carbocycles. The molecule has 0 aromatic carbocycles. The van der Waals surface area contributed by atoms with E-state index in [1.165, 1.54) is 11.3 Å². The summed E-state index contributed by atoms with van der Waals surface area (Å²) in [6, 6.07) is 3.81. The van der Waals surface area contributed by atoms with Gasteiger partial charge in [-0.3, -0.25) is 9.59 Å². The summed E-state index contributed by atoms with van der Waals surface area (Å²) >= 11 is 1.50. The highest BCUT2D eigenvalue weighted by molar-refractivity contribution is 7.12. The maximum Gasteiger partial charge on any atom is 0.263 e. The summed E-state index contributed by atoms with van der Waals surface area (Å²) in [5, 5.41) is 1.94. The van der Waals surface area contributed by atoms with E-state index in [0.29, 0.717) is 32.2 Å². The van der Waals surface area contributed by atoms with Gasteiger partial charge >= 0.3 is 0 Å². The Morgan fingerprint density at radius 2 is 2.00 bits per heavy atom. The zero-order valence-electron chi connectivity index (χ0n) is 13.9. The molecule has 0 bridgehead atoms. The summed E-state index contributed by atoms with van der Waals surface area (Å²) < 4.78 is 5.37. The van der Waals surface area contributed by atoms with Crippen LogP contribution in [0, 0.1) is 11.3 Å². The Balaban J connectivity index is 1.48. The van der Waals surface area contributed by atoms with Gasteiger partial charge in [0.1, 0.15) is 0 Å². The third kappa shape index (κ3) is 2.75. The molecule has 0 radical (unpaired) electrons. The van der Waals surface area contributed by atoms with Crippen molar-refractivity contribution >= 4 is 23.2 Å². The summed E-state index contributed by atoms with van der Waals surface area (Å²) in [5.41, 5.74) is 0.00229. The fraction of sp³-hybridized carbons (Fsp3) is 0.667. The Morgan fingerprint density at radius 3 is 2.75 bits per heavy atom. The predicted octanol–water partition coefficient (Wildman–Crippen LogP) is 2.24. The lowest BCUT2D eigenvalue weighted by atomic mass is 9.76. The van der Waals surface area contributed by atoms with E-state index in [1.54, 1.807) is 0 Å². The number of morpholine rings is 1. The van der Waals surface area contributed by atoms with Crippen LogP contribution in [0.2, 0.25) is 0 Å². The minimum Gasteiger partial charge on any atom is -0.378 e. The maximum atomic E-state index is 13.0. The molecule has 2 amide bonds. The van der Waals surface area contributed by atoms with Crippen molar-refractivity contribution in [1.29, 1.82) is 0 Å². The Bertz CT molecular complexity index is 612. The number of thiophene rings is 1. The summed E-state index contributed by atoms with van der Waals surface area (Å²) in [6.45, 7) is 4.24. The van der Waals surface area contributed by atoms with Crippen LogP contribution in [-0.4, -0.2) is 61.0 Å². The van der Waals surface area contributed by atoms with Gasteiger partial charge in [-0.25, -0.2) is 0 Å². The molecule has 1 aromatic rings. The van der Waals surface area contributed by atoms with E-state index in [2.05, 4.69) is 0 Å². The molecule has 3 heterocycles. The molecule has 24 heavy (non-hydrogen) atoms. The van der Waals surface area contributed by atoms with Crippen LogP contribution in [0.5, 0.6) is 0 Å². The van der Waals surface area contributed by atoms with Gasteiger partial charge in [-0.05, 0) is 30.7 Å². The molecule has 3 aliphatic rings. The first-order valence-corrected chi connectivity index (χ1v) is 9.77. The zero-order chi connectivity index (χ0) is 16.6. The second kappa shape index (κ2) is 6.48. The van der Waals surface area contributed by atoms with Gasteiger partial charge in [0.05, 0.1) is 18.1 Å². The number of carbonyl (C=O) groups is 2. The van der Waals surface area contributed by atoms with Crippen LogP contribution < -0.4 is 0 Å². The van der Waals surface area contributed by atoms with E-state index in [1.807, 2.05) is 27.3 Å². The molecule has 0 N–H and O–H groups in total. The van der Waals surface area contributed by atoms with Gasteiger partial charge in [0.2, 0.25) is 5.91 Å². The Labute approximate surface area is 146 Å². The van der Waals surface area contributed by atoms with Crippen LogP contribution >= 0.6 is 11.3 Å². The van der Waals surface area contributed by atoms with Crippen LogP contribution in [-0.2, 0) is 9.53 Å². The molecule has 2 atom stereocenters. The zero-order valence-corrected chi connectivity index (χ0v) is 14.7. The first-order valence-electron chi connectivity index (χ1n) is 8.89. The first kappa shape index (κ1) is 16.1. The average Bonchev–Trinajstić information content (AvgIpc) is 3.37. The molecule has 0 unspecified atom stereocenters. The molecule has 6 heteroatoms. The fourth-order valence-corrected chi connectivity index (χ4v) is 5.33. The van der Waals surface area contributed by atoms with Crippen molar-refractivity contribution in [3.8, 4) is 0 Å². The van der Waals surface area contributed by atoms with Crippen LogP contribution in [0.1, 0.15) is 35.4 Å². The first-order chi connectivity index (χ1) is 11.7. The van der Waals surface area contributed by atoms with E-state index < -0.39 is 0 Å². The summed E-state index contributed by atoms with van der Waals surface area (Å²) in [6.07, 6.45) is 4.10. The highest BCUT2D eigenvalue weighted by Crippen LogP contribution is 2.50. The Morgan fingerprint density at radius 1 is 1.17 bits per heavy atom. The van der Waals surface area contributed by atoms with Gasteiger partial charge in [-0.1, -0.05) is 12.5 Å². The summed E-state index contributed by atoms with van der Waals surface area (Å²) in [4.78, 5) is 30.4. The van der Waals surface area contributed by atoms with E-state index >= 15 is 0 Å². The third-order valence-electron chi connectivity index (χ3n) is 5.93. The van der Waals surface area contributed by atoms with Gasteiger partial charge in [0.15, 0.2) is 0 Å². The third-order valence-corrected chi connectivity index (χ3v) is 6.79. The lowest BCUT2D eigenvalue weighted by Crippen LogP contribution is -2.47. The maximum absolute atomic E-state index is 13.0. The molecular formula is C18H24N2O3S. The minimum absolute atomic E-state index is 0.00229. The number of carbonyl (C=O) groups excluding carboxylic acids is 2. The topological polar surface area (TPSA) is 49.9 Å². The van der Waals surface area contributed by atoms with Crippen molar-refractivity contribution in [3.63, 3.8) is 0 Å². The Kier molecular flexibility index (Phi) is 4.35. The monoisotopic (exact) mass is 348 g/mol. The molecule has 2 aliphatic heterocycles. The van der Waals surface area contributed by atoms with Crippen LogP contribution in [0.3, 0.4) is 0 Å². The molecule has 4 rings (SSSR count). The molecule has 2 saturated heterocycles. The van der Waals surface area contributed by atoms with Crippen molar-refractivity contribution in [2.24, 2.45) is 11.3 Å². The highest BCUT2D eigenvalue weighted by atomic mass is 32.1. The molecule has 1 spiro atoms. The molecule has 5 nitrogen and oxygen atoms in total. The van der Waals surface area contributed by atoms with Crippen LogP contribution in [0.15, 0.2) is 17.5 Å². The van der Waals surface area contributed by atoms with E-state index in [4.69, 9.17) is 4.74 Å². The fourth-order valence-electron chi connectivity index (χ4n) is 4.64. The van der Waals surface area contributed by atoms with Gasteiger partial charge in [0.25, 0.3) is 5.91 Å². The van der Waals surface area contributed by atoms with Gasteiger partial charge in [0, 0.05) is 37.5 Å². The second-order valence-electron chi connectivity index (χ2n) is 7.20. The number of rotatable bonds is 2. The number of amides is 2. The number of likely N-dealkylation sites (tertiary alicyclic amines) is 1. The number of hydrogen-bond acceptors (Lipinski definition) is 4. The van der Waals surface area contributed by atoms with Crippen molar-refractivity contribution in [3.05, 3.63) is 22.4 Å². The number of ether oxygens (including phenoxy) is 1. The standard InChI is InChI=1S/C18H24N2O3S/c21-16(19-8-10-23-11-9-19)14-3-1-5-18(14)6-7-20(13-18)17(22)15-4-2-12-24-15/h2,4,12,14H,1,3,5-11,13H2/t14-,18-/m0/s1.